The normalized spacial score (nSPS) is 11.2. The van der Waals surface area contributed by atoms with E-state index in [4.69, 9.17) is 4.74 Å². The predicted octanol–water partition coefficient (Wildman–Crippen LogP) is 2.42. The average Bonchev–Trinajstić information content (AvgIpc) is 2.55. The number of carbonyl (C=O) groups excluding carboxylic acids is 1. The van der Waals surface area contributed by atoms with Crippen LogP contribution in [0.3, 0.4) is 0 Å². The number of sulfonamides is 1. The van der Waals surface area contributed by atoms with Gasteiger partial charge in [-0.25, -0.2) is 13.1 Å². The topological polar surface area (TPSA) is 72.5 Å². The maximum absolute atomic E-state index is 12.2. The summed E-state index contributed by atoms with van der Waals surface area (Å²) < 4.78 is 32.3. The fraction of sp³-hybridized carbons (Fsp3) is 0.235. The van der Waals surface area contributed by atoms with Gasteiger partial charge in [-0.15, -0.1) is 0 Å². The highest BCUT2D eigenvalue weighted by atomic mass is 32.2. The van der Waals surface area contributed by atoms with Crippen LogP contribution in [-0.4, -0.2) is 27.9 Å². The summed E-state index contributed by atoms with van der Waals surface area (Å²) in [7, 11) is -2.01. The van der Waals surface area contributed by atoms with Crippen LogP contribution in [0.15, 0.2) is 53.4 Å². The molecule has 0 radical (unpaired) electrons. The lowest BCUT2D eigenvalue weighted by molar-refractivity contribution is 0.101. The number of benzene rings is 2. The molecule has 0 aliphatic carbocycles. The molecule has 0 heterocycles. The van der Waals surface area contributed by atoms with Gasteiger partial charge in [-0.2, -0.15) is 0 Å². The molecule has 6 heteroatoms. The largest absolute Gasteiger partial charge is 0.496 e. The summed E-state index contributed by atoms with van der Waals surface area (Å²) >= 11 is 0. The van der Waals surface area contributed by atoms with Crippen LogP contribution in [0.25, 0.3) is 0 Å². The number of carbonyl (C=O) groups is 1. The van der Waals surface area contributed by atoms with Crippen molar-refractivity contribution in [2.24, 2.45) is 0 Å². The van der Waals surface area contributed by atoms with E-state index in [-0.39, 0.29) is 17.2 Å². The Hall–Kier alpha value is -2.18. The zero-order valence-electron chi connectivity index (χ0n) is 13.1. The Kier molecular flexibility index (Phi) is 5.52. The number of nitrogens with one attached hydrogen (secondary N) is 1. The fourth-order valence-corrected chi connectivity index (χ4v) is 3.21. The Morgan fingerprint density at radius 1 is 1.09 bits per heavy atom. The van der Waals surface area contributed by atoms with E-state index in [0.29, 0.717) is 12.0 Å². The lowest BCUT2D eigenvalue weighted by Crippen LogP contribution is -2.26. The van der Waals surface area contributed by atoms with Crippen LogP contribution in [-0.2, 0) is 16.4 Å². The van der Waals surface area contributed by atoms with E-state index < -0.39 is 10.0 Å². The molecule has 0 unspecified atom stereocenters. The molecule has 0 atom stereocenters. The number of hydrogen-bond acceptors (Lipinski definition) is 4. The van der Waals surface area contributed by atoms with Gasteiger partial charge in [0, 0.05) is 12.1 Å². The summed E-state index contributed by atoms with van der Waals surface area (Å²) in [4.78, 5) is 11.4. The van der Waals surface area contributed by atoms with Crippen LogP contribution in [0.2, 0.25) is 0 Å². The van der Waals surface area contributed by atoms with Crippen molar-refractivity contribution in [1.29, 1.82) is 0 Å². The van der Waals surface area contributed by atoms with Gasteiger partial charge in [0.2, 0.25) is 10.0 Å². The van der Waals surface area contributed by atoms with E-state index in [9.17, 15) is 13.2 Å². The molecule has 0 aliphatic rings. The van der Waals surface area contributed by atoms with E-state index in [1.54, 1.807) is 7.11 Å². The number of para-hydroxylation sites is 1. The first-order chi connectivity index (χ1) is 10.9. The molecular weight excluding hydrogens is 314 g/mol. The Labute approximate surface area is 136 Å². The van der Waals surface area contributed by atoms with Crippen LogP contribution in [0.4, 0.5) is 0 Å². The van der Waals surface area contributed by atoms with Crippen LogP contribution in [0.1, 0.15) is 22.8 Å². The fourth-order valence-electron chi connectivity index (χ4n) is 2.18. The van der Waals surface area contributed by atoms with E-state index in [1.807, 2.05) is 24.3 Å². The molecule has 122 valence electrons. The van der Waals surface area contributed by atoms with Crippen molar-refractivity contribution >= 4 is 15.8 Å². The van der Waals surface area contributed by atoms with Crippen molar-refractivity contribution in [3.8, 4) is 5.75 Å². The SMILES string of the molecule is COc1ccccc1CCNS(=O)(=O)c1ccc(C(C)=O)cc1. The Bertz CT molecular complexity index is 782. The molecule has 0 saturated carbocycles. The smallest absolute Gasteiger partial charge is 0.240 e. The first-order valence-corrected chi connectivity index (χ1v) is 8.65. The van der Waals surface area contributed by atoms with Crippen molar-refractivity contribution in [2.75, 3.05) is 13.7 Å². The van der Waals surface area contributed by atoms with Gasteiger partial charge >= 0.3 is 0 Å². The minimum atomic E-state index is -3.59. The second-order valence-corrected chi connectivity index (χ2v) is 6.81. The van der Waals surface area contributed by atoms with Crippen LogP contribution in [0, 0.1) is 0 Å². The summed E-state index contributed by atoms with van der Waals surface area (Å²) in [5.74, 6) is 0.635. The van der Waals surface area contributed by atoms with Gasteiger partial charge in [0.25, 0.3) is 0 Å². The number of ether oxygens (including phenoxy) is 1. The zero-order chi connectivity index (χ0) is 16.9. The van der Waals surface area contributed by atoms with E-state index in [0.717, 1.165) is 11.3 Å². The van der Waals surface area contributed by atoms with Crippen molar-refractivity contribution in [1.82, 2.24) is 4.72 Å². The molecule has 5 nitrogen and oxygen atoms in total. The third kappa shape index (κ3) is 4.40. The van der Waals surface area contributed by atoms with Crippen molar-refractivity contribution < 1.29 is 17.9 Å². The Morgan fingerprint density at radius 3 is 2.35 bits per heavy atom. The summed E-state index contributed by atoms with van der Waals surface area (Å²) in [5.41, 5.74) is 1.42. The lowest BCUT2D eigenvalue weighted by Gasteiger charge is -2.10. The number of rotatable bonds is 7. The average molecular weight is 333 g/mol. The van der Waals surface area contributed by atoms with E-state index in [2.05, 4.69) is 4.72 Å². The highest BCUT2D eigenvalue weighted by Gasteiger charge is 2.14. The van der Waals surface area contributed by atoms with Gasteiger partial charge in [-0.1, -0.05) is 30.3 Å². The van der Waals surface area contributed by atoms with Crippen LogP contribution in [0.5, 0.6) is 5.75 Å². The first-order valence-electron chi connectivity index (χ1n) is 7.16. The quantitative estimate of drug-likeness (QED) is 0.790. The molecule has 0 bridgehead atoms. The minimum Gasteiger partial charge on any atom is -0.496 e. The molecule has 2 rings (SSSR count). The van der Waals surface area contributed by atoms with Gasteiger partial charge in [0.1, 0.15) is 5.75 Å². The van der Waals surface area contributed by atoms with Crippen molar-refractivity contribution in [3.05, 3.63) is 59.7 Å². The number of methoxy groups -OCH3 is 1. The van der Waals surface area contributed by atoms with Crippen molar-refractivity contribution in [2.45, 2.75) is 18.2 Å². The first kappa shape index (κ1) is 17.2. The Balaban J connectivity index is 2.02. The number of hydrogen-bond donors (Lipinski definition) is 1. The molecule has 0 fully saturated rings. The number of Topliss-reactive ketones (excluding diaryl/α,β-unsaturated/α-hetero) is 1. The maximum atomic E-state index is 12.2. The summed E-state index contributed by atoms with van der Waals surface area (Å²) in [6, 6.07) is 13.4. The standard InChI is InChI=1S/C17H19NO4S/c1-13(19)14-7-9-16(10-8-14)23(20,21)18-12-11-15-5-3-4-6-17(15)22-2/h3-10,18H,11-12H2,1-2H3. The second-order valence-electron chi connectivity index (χ2n) is 5.04. The third-order valence-electron chi connectivity index (χ3n) is 3.45. The van der Waals surface area contributed by atoms with Crippen molar-refractivity contribution in [3.63, 3.8) is 0 Å². The summed E-state index contributed by atoms with van der Waals surface area (Å²) in [6.45, 7) is 1.70. The van der Waals surface area contributed by atoms with E-state index in [1.165, 1.54) is 31.2 Å². The third-order valence-corrected chi connectivity index (χ3v) is 4.93. The monoisotopic (exact) mass is 333 g/mol. The van der Waals surface area contributed by atoms with Gasteiger partial charge in [0.15, 0.2) is 5.78 Å². The van der Waals surface area contributed by atoms with Crippen LogP contribution < -0.4 is 9.46 Å². The Morgan fingerprint density at radius 2 is 1.74 bits per heavy atom. The van der Waals surface area contributed by atoms with Crippen LogP contribution >= 0.6 is 0 Å². The maximum Gasteiger partial charge on any atom is 0.240 e. The number of ketones is 1. The molecule has 2 aromatic carbocycles. The molecule has 0 spiro atoms. The van der Waals surface area contributed by atoms with Gasteiger partial charge < -0.3 is 4.74 Å². The highest BCUT2D eigenvalue weighted by Crippen LogP contribution is 2.17. The molecular formula is C17H19NO4S. The molecule has 23 heavy (non-hydrogen) atoms. The van der Waals surface area contributed by atoms with Gasteiger partial charge in [-0.05, 0) is 37.1 Å². The van der Waals surface area contributed by atoms with E-state index >= 15 is 0 Å². The van der Waals surface area contributed by atoms with Gasteiger partial charge in [-0.3, -0.25) is 4.79 Å². The zero-order valence-corrected chi connectivity index (χ0v) is 13.9. The summed E-state index contributed by atoms with van der Waals surface area (Å²) in [5, 5.41) is 0. The molecule has 1 N–H and O–H groups in total. The minimum absolute atomic E-state index is 0.0990. The summed E-state index contributed by atoms with van der Waals surface area (Å²) in [6.07, 6.45) is 0.523. The lowest BCUT2D eigenvalue weighted by atomic mass is 10.1. The highest BCUT2D eigenvalue weighted by molar-refractivity contribution is 7.89. The molecule has 0 aliphatic heterocycles. The van der Waals surface area contributed by atoms with Gasteiger partial charge in [0.05, 0.1) is 12.0 Å². The second kappa shape index (κ2) is 7.39. The molecule has 0 saturated heterocycles. The molecule has 0 amide bonds. The molecule has 2 aromatic rings. The molecule has 0 aromatic heterocycles. The predicted molar refractivity (Wildman–Crippen MR) is 88.3 cm³/mol.